The van der Waals surface area contributed by atoms with Crippen molar-refractivity contribution >= 4 is 17.7 Å². The lowest BCUT2D eigenvalue weighted by Gasteiger charge is -2.16. The van der Waals surface area contributed by atoms with Crippen LogP contribution in [0.15, 0.2) is 12.3 Å². The largest absolute Gasteiger partial charge is 0.358 e. The number of aromatic nitrogens is 2. The lowest BCUT2D eigenvalue weighted by molar-refractivity contribution is -0.121. The third-order valence-corrected chi connectivity index (χ3v) is 2.43. The standard InChI is InChI=1S/C13H23N5O/c1-5-14-13-15-7-6-11(18-13)17-10(4)12(19)16-8-9(2)3/h6-7,9-10H,5,8H2,1-4H3,(H,16,19)(H2,14,15,17,18). The molecule has 1 rings (SSSR count). The molecule has 0 aliphatic heterocycles. The zero-order valence-corrected chi connectivity index (χ0v) is 12.0. The monoisotopic (exact) mass is 265 g/mol. The summed E-state index contributed by atoms with van der Waals surface area (Å²) in [6.07, 6.45) is 1.66. The van der Waals surface area contributed by atoms with Gasteiger partial charge in [0.15, 0.2) is 0 Å². The number of amides is 1. The third-order valence-electron chi connectivity index (χ3n) is 2.43. The molecule has 0 radical (unpaired) electrons. The Morgan fingerprint density at radius 2 is 2.11 bits per heavy atom. The van der Waals surface area contributed by atoms with Crippen LogP contribution in [-0.2, 0) is 4.79 Å². The van der Waals surface area contributed by atoms with Gasteiger partial charge in [0, 0.05) is 19.3 Å². The van der Waals surface area contributed by atoms with Crippen LogP contribution < -0.4 is 16.0 Å². The molecule has 0 spiro atoms. The minimum absolute atomic E-state index is 0.0303. The topological polar surface area (TPSA) is 78.9 Å². The molecule has 6 heteroatoms. The molecule has 1 atom stereocenters. The Kier molecular flexibility index (Phi) is 6.05. The molecule has 1 unspecified atom stereocenters. The zero-order valence-electron chi connectivity index (χ0n) is 12.0. The van der Waals surface area contributed by atoms with Crippen molar-refractivity contribution in [2.45, 2.75) is 33.7 Å². The molecule has 1 amide bonds. The van der Waals surface area contributed by atoms with Crippen molar-refractivity contribution in [1.82, 2.24) is 15.3 Å². The van der Waals surface area contributed by atoms with Gasteiger partial charge in [0.25, 0.3) is 0 Å². The fraction of sp³-hybridized carbons (Fsp3) is 0.615. The van der Waals surface area contributed by atoms with Gasteiger partial charge in [-0.25, -0.2) is 4.98 Å². The van der Waals surface area contributed by atoms with Crippen molar-refractivity contribution in [3.8, 4) is 0 Å². The van der Waals surface area contributed by atoms with E-state index >= 15 is 0 Å². The molecule has 0 saturated heterocycles. The summed E-state index contributed by atoms with van der Waals surface area (Å²) in [4.78, 5) is 20.2. The van der Waals surface area contributed by atoms with Gasteiger partial charge in [-0.2, -0.15) is 4.98 Å². The van der Waals surface area contributed by atoms with Crippen molar-refractivity contribution in [3.63, 3.8) is 0 Å². The molecular formula is C13H23N5O. The summed E-state index contributed by atoms with van der Waals surface area (Å²) in [5.41, 5.74) is 0. The van der Waals surface area contributed by atoms with Crippen LogP contribution in [0.2, 0.25) is 0 Å². The highest BCUT2D eigenvalue weighted by Crippen LogP contribution is 2.07. The molecule has 0 aliphatic carbocycles. The molecule has 0 aliphatic rings. The molecule has 6 nitrogen and oxygen atoms in total. The second kappa shape index (κ2) is 7.56. The van der Waals surface area contributed by atoms with Crippen LogP contribution in [0.4, 0.5) is 11.8 Å². The highest BCUT2D eigenvalue weighted by atomic mass is 16.2. The molecule has 0 fully saturated rings. The van der Waals surface area contributed by atoms with E-state index in [9.17, 15) is 4.79 Å². The van der Waals surface area contributed by atoms with Crippen LogP contribution in [-0.4, -0.2) is 35.0 Å². The van der Waals surface area contributed by atoms with Gasteiger partial charge in [-0.1, -0.05) is 13.8 Å². The Labute approximate surface area is 114 Å². The fourth-order valence-electron chi connectivity index (χ4n) is 1.43. The number of nitrogens with one attached hydrogen (secondary N) is 3. The van der Waals surface area contributed by atoms with Gasteiger partial charge in [-0.15, -0.1) is 0 Å². The molecule has 3 N–H and O–H groups in total. The highest BCUT2D eigenvalue weighted by molar-refractivity contribution is 5.83. The van der Waals surface area contributed by atoms with E-state index in [0.29, 0.717) is 24.2 Å². The molecule has 0 saturated carbocycles. The average molecular weight is 265 g/mol. The molecule has 1 heterocycles. The van der Waals surface area contributed by atoms with Crippen LogP contribution in [0, 0.1) is 5.92 Å². The second-order valence-electron chi connectivity index (χ2n) is 4.80. The van der Waals surface area contributed by atoms with E-state index in [1.54, 1.807) is 12.3 Å². The summed E-state index contributed by atoms with van der Waals surface area (Å²) in [7, 11) is 0. The summed E-state index contributed by atoms with van der Waals surface area (Å²) in [6.45, 7) is 9.35. The first kappa shape index (κ1) is 15.2. The number of anilines is 2. The predicted molar refractivity (Wildman–Crippen MR) is 77.1 cm³/mol. The number of carbonyl (C=O) groups excluding carboxylic acids is 1. The van der Waals surface area contributed by atoms with Crippen LogP contribution in [0.3, 0.4) is 0 Å². The number of carbonyl (C=O) groups is 1. The minimum atomic E-state index is -0.330. The Hall–Kier alpha value is -1.85. The maximum absolute atomic E-state index is 11.8. The first-order valence-corrected chi connectivity index (χ1v) is 6.64. The van der Waals surface area contributed by atoms with Crippen LogP contribution >= 0.6 is 0 Å². The van der Waals surface area contributed by atoms with Crippen molar-refractivity contribution in [2.75, 3.05) is 23.7 Å². The SMILES string of the molecule is CCNc1nccc(NC(C)C(=O)NCC(C)C)n1. The Bertz CT molecular complexity index is 408. The highest BCUT2D eigenvalue weighted by Gasteiger charge is 2.13. The van der Waals surface area contributed by atoms with Gasteiger partial charge in [0.1, 0.15) is 11.9 Å². The number of hydrogen-bond acceptors (Lipinski definition) is 5. The van der Waals surface area contributed by atoms with Gasteiger partial charge in [0.05, 0.1) is 0 Å². The lowest BCUT2D eigenvalue weighted by Crippen LogP contribution is -2.39. The maximum atomic E-state index is 11.8. The zero-order chi connectivity index (χ0) is 14.3. The Morgan fingerprint density at radius 3 is 2.74 bits per heavy atom. The Balaban J connectivity index is 2.53. The first-order valence-electron chi connectivity index (χ1n) is 6.64. The quantitative estimate of drug-likeness (QED) is 0.696. The smallest absolute Gasteiger partial charge is 0.242 e. The van der Waals surface area contributed by atoms with E-state index < -0.39 is 0 Å². The Morgan fingerprint density at radius 1 is 1.37 bits per heavy atom. The summed E-state index contributed by atoms with van der Waals surface area (Å²) in [5.74, 6) is 1.60. The molecule has 0 aromatic carbocycles. The average Bonchev–Trinajstić information content (AvgIpc) is 2.36. The van der Waals surface area contributed by atoms with E-state index in [0.717, 1.165) is 6.54 Å². The van der Waals surface area contributed by atoms with Gasteiger partial charge in [-0.3, -0.25) is 4.79 Å². The summed E-state index contributed by atoms with van der Waals surface area (Å²) in [5, 5.41) is 8.97. The lowest BCUT2D eigenvalue weighted by atomic mass is 10.2. The van der Waals surface area contributed by atoms with Gasteiger partial charge in [0.2, 0.25) is 11.9 Å². The predicted octanol–water partition coefficient (Wildman–Crippen LogP) is 1.48. The van der Waals surface area contributed by atoms with Gasteiger partial charge in [-0.05, 0) is 25.8 Å². The molecule has 106 valence electrons. The van der Waals surface area contributed by atoms with Crippen LogP contribution in [0.1, 0.15) is 27.7 Å². The molecule has 19 heavy (non-hydrogen) atoms. The summed E-state index contributed by atoms with van der Waals surface area (Å²) < 4.78 is 0. The molecule has 1 aromatic rings. The number of rotatable bonds is 7. The van der Waals surface area contributed by atoms with E-state index in [2.05, 4.69) is 39.8 Å². The molecule has 1 aromatic heterocycles. The molecule has 0 bridgehead atoms. The second-order valence-corrected chi connectivity index (χ2v) is 4.80. The normalized spacial score (nSPS) is 12.1. The first-order chi connectivity index (χ1) is 9.02. The van der Waals surface area contributed by atoms with Crippen LogP contribution in [0.25, 0.3) is 0 Å². The van der Waals surface area contributed by atoms with E-state index in [1.807, 2.05) is 13.8 Å². The van der Waals surface area contributed by atoms with Crippen LogP contribution in [0.5, 0.6) is 0 Å². The summed E-state index contributed by atoms with van der Waals surface area (Å²) in [6, 6.07) is 1.41. The number of nitrogens with zero attached hydrogens (tertiary/aromatic N) is 2. The van der Waals surface area contributed by atoms with Crippen molar-refractivity contribution in [2.24, 2.45) is 5.92 Å². The minimum Gasteiger partial charge on any atom is -0.358 e. The fourth-order valence-corrected chi connectivity index (χ4v) is 1.43. The van der Waals surface area contributed by atoms with Crippen molar-refractivity contribution in [1.29, 1.82) is 0 Å². The number of hydrogen-bond donors (Lipinski definition) is 3. The van der Waals surface area contributed by atoms with Crippen molar-refractivity contribution in [3.05, 3.63) is 12.3 Å². The van der Waals surface area contributed by atoms with Gasteiger partial charge < -0.3 is 16.0 Å². The maximum Gasteiger partial charge on any atom is 0.242 e. The van der Waals surface area contributed by atoms with E-state index in [1.165, 1.54) is 0 Å². The van der Waals surface area contributed by atoms with E-state index in [4.69, 9.17) is 0 Å². The molecular weight excluding hydrogens is 242 g/mol. The van der Waals surface area contributed by atoms with Crippen molar-refractivity contribution < 1.29 is 4.79 Å². The summed E-state index contributed by atoms with van der Waals surface area (Å²) >= 11 is 0. The van der Waals surface area contributed by atoms with E-state index in [-0.39, 0.29) is 11.9 Å². The van der Waals surface area contributed by atoms with Gasteiger partial charge >= 0.3 is 0 Å². The third kappa shape index (κ3) is 5.54.